The van der Waals surface area contributed by atoms with Gasteiger partial charge in [0.2, 0.25) is 0 Å². The first-order valence-electron chi connectivity index (χ1n) is 7.42. The molecule has 0 bridgehead atoms. The molecule has 1 heterocycles. The molecular weight excluding hydrogens is 314 g/mol. The van der Waals surface area contributed by atoms with Crippen molar-refractivity contribution in [1.29, 1.82) is 0 Å². The lowest BCUT2D eigenvalue weighted by atomic mass is 10.0. The summed E-state index contributed by atoms with van der Waals surface area (Å²) in [6.45, 7) is 4.35. The van der Waals surface area contributed by atoms with E-state index in [1.165, 1.54) is 24.1 Å². The number of halogens is 1. The zero-order valence-electron chi connectivity index (χ0n) is 12.8. The lowest BCUT2D eigenvalue weighted by molar-refractivity contribution is 0.372. The highest BCUT2D eigenvalue weighted by molar-refractivity contribution is 9.10. The van der Waals surface area contributed by atoms with Gasteiger partial charge in [0.1, 0.15) is 0 Å². The van der Waals surface area contributed by atoms with E-state index in [1.807, 2.05) is 0 Å². The maximum absolute atomic E-state index is 6.01. The van der Waals surface area contributed by atoms with Crippen molar-refractivity contribution in [3.63, 3.8) is 0 Å². The van der Waals surface area contributed by atoms with Gasteiger partial charge in [-0.2, -0.15) is 0 Å². The molecule has 0 radical (unpaired) electrons. The van der Waals surface area contributed by atoms with Gasteiger partial charge in [-0.15, -0.1) is 0 Å². The number of rotatable bonds is 5. The van der Waals surface area contributed by atoms with E-state index in [-0.39, 0.29) is 6.04 Å². The molecule has 2 unspecified atom stereocenters. The molecule has 1 saturated heterocycles. The summed E-state index contributed by atoms with van der Waals surface area (Å²) in [6.07, 6.45) is 3.50. The number of anilines is 1. The summed E-state index contributed by atoms with van der Waals surface area (Å²) in [5, 5.41) is 0. The Morgan fingerprint density at radius 2 is 2.20 bits per heavy atom. The molecular formula is C16H26BrN3. The number of nitrogens with zero attached hydrogens (tertiary/aromatic N) is 2. The lowest BCUT2D eigenvalue weighted by Crippen LogP contribution is -2.38. The molecule has 1 aliphatic heterocycles. The summed E-state index contributed by atoms with van der Waals surface area (Å²) in [7, 11) is 4.31. The minimum absolute atomic E-state index is 0.199. The SMILES string of the molecule is CC(N)Cc1ccc(Br)cc1N1CCCC1CN(C)C. The maximum Gasteiger partial charge on any atom is 0.0417 e. The molecule has 3 nitrogen and oxygen atoms in total. The average molecular weight is 340 g/mol. The molecule has 2 atom stereocenters. The van der Waals surface area contributed by atoms with E-state index in [2.05, 4.69) is 64.9 Å². The zero-order valence-corrected chi connectivity index (χ0v) is 14.4. The van der Waals surface area contributed by atoms with Gasteiger partial charge in [0, 0.05) is 35.3 Å². The number of hydrogen-bond acceptors (Lipinski definition) is 3. The Morgan fingerprint density at radius 1 is 1.45 bits per heavy atom. The molecule has 0 saturated carbocycles. The first-order valence-corrected chi connectivity index (χ1v) is 8.22. The van der Waals surface area contributed by atoms with E-state index < -0.39 is 0 Å². The molecule has 0 aromatic heterocycles. The number of likely N-dealkylation sites (N-methyl/N-ethyl adjacent to an activating group) is 1. The van der Waals surface area contributed by atoms with E-state index in [0.29, 0.717) is 6.04 Å². The van der Waals surface area contributed by atoms with E-state index in [1.54, 1.807) is 0 Å². The molecule has 1 aliphatic rings. The number of nitrogens with two attached hydrogens (primary N) is 1. The van der Waals surface area contributed by atoms with Crippen LogP contribution >= 0.6 is 15.9 Å². The van der Waals surface area contributed by atoms with Crippen molar-refractivity contribution < 1.29 is 0 Å². The van der Waals surface area contributed by atoms with Crippen molar-refractivity contribution in [1.82, 2.24) is 4.90 Å². The maximum atomic E-state index is 6.01. The van der Waals surface area contributed by atoms with Gasteiger partial charge in [-0.25, -0.2) is 0 Å². The van der Waals surface area contributed by atoms with Crippen LogP contribution in [0.3, 0.4) is 0 Å². The van der Waals surface area contributed by atoms with Crippen molar-refractivity contribution in [2.24, 2.45) is 5.73 Å². The molecule has 0 amide bonds. The van der Waals surface area contributed by atoms with Gasteiger partial charge in [-0.3, -0.25) is 0 Å². The molecule has 2 N–H and O–H groups in total. The van der Waals surface area contributed by atoms with Gasteiger partial charge in [0.25, 0.3) is 0 Å². The predicted molar refractivity (Wildman–Crippen MR) is 90.4 cm³/mol. The van der Waals surface area contributed by atoms with Crippen LogP contribution in [-0.4, -0.2) is 44.2 Å². The van der Waals surface area contributed by atoms with Crippen LogP contribution in [0, 0.1) is 0 Å². The van der Waals surface area contributed by atoms with Crippen LogP contribution in [0.2, 0.25) is 0 Å². The number of benzene rings is 1. The first-order chi connectivity index (χ1) is 9.47. The Morgan fingerprint density at radius 3 is 2.85 bits per heavy atom. The number of hydrogen-bond donors (Lipinski definition) is 1. The summed E-state index contributed by atoms with van der Waals surface area (Å²) in [5.41, 5.74) is 8.74. The summed E-state index contributed by atoms with van der Waals surface area (Å²) < 4.78 is 1.15. The second kappa shape index (κ2) is 6.92. The van der Waals surface area contributed by atoms with Crippen molar-refractivity contribution in [3.8, 4) is 0 Å². The monoisotopic (exact) mass is 339 g/mol. The molecule has 4 heteroatoms. The van der Waals surface area contributed by atoms with Gasteiger partial charge < -0.3 is 15.5 Å². The smallest absolute Gasteiger partial charge is 0.0417 e. The largest absolute Gasteiger partial charge is 0.367 e. The highest BCUT2D eigenvalue weighted by Crippen LogP contribution is 2.32. The topological polar surface area (TPSA) is 32.5 Å². The first kappa shape index (κ1) is 15.8. The molecule has 0 spiro atoms. The van der Waals surface area contributed by atoms with Gasteiger partial charge in [-0.1, -0.05) is 22.0 Å². The fourth-order valence-corrected chi connectivity index (χ4v) is 3.44. The van der Waals surface area contributed by atoms with Crippen LogP contribution < -0.4 is 10.6 Å². The Kier molecular flexibility index (Phi) is 5.47. The highest BCUT2D eigenvalue weighted by Gasteiger charge is 2.26. The van der Waals surface area contributed by atoms with Crippen molar-refractivity contribution >= 4 is 21.6 Å². The zero-order chi connectivity index (χ0) is 14.7. The fourth-order valence-electron chi connectivity index (χ4n) is 3.09. The third kappa shape index (κ3) is 3.96. The lowest BCUT2D eigenvalue weighted by Gasteiger charge is -2.31. The Hall–Kier alpha value is -0.580. The standard InChI is InChI=1S/C16H26BrN3/c1-12(18)9-13-6-7-14(17)10-16(13)20-8-4-5-15(20)11-19(2)3/h6-7,10,12,15H,4-5,8-9,11,18H2,1-3H3. The van der Waals surface area contributed by atoms with Crippen molar-refractivity contribution in [2.75, 3.05) is 32.1 Å². The van der Waals surface area contributed by atoms with E-state index in [0.717, 1.165) is 24.0 Å². The van der Waals surface area contributed by atoms with Crippen LogP contribution in [0.25, 0.3) is 0 Å². The average Bonchev–Trinajstić information content (AvgIpc) is 2.78. The molecule has 1 aromatic rings. The Bertz CT molecular complexity index is 445. The van der Waals surface area contributed by atoms with Gasteiger partial charge in [-0.05, 0) is 58.0 Å². The second-order valence-electron chi connectivity index (χ2n) is 6.21. The minimum atomic E-state index is 0.199. The van der Waals surface area contributed by atoms with Crippen molar-refractivity contribution in [2.45, 2.75) is 38.3 Å². The quantitative estimate of drug-likeness (QED) is 0.895. The molecule has 0 aliphatic carbocycles. The van der Waals surface area contributed by atoms with Crippen LogP contribution in [-0.2, 0) is 6.42 Å². The van der Waals surface area contributed by atoms with Crippen LogP contribution in [0.15, 0.2) is 22.7 Å². The molecule has 1 aromatic carbocycles. The summed E-state index contributed by atoms with van der Waals surface area (Å²) in [5.74, 6) is 0. The molecule has 20 heavy (non-hydrogen) atoms. The van der Waals surface area contributed by atoms with Gasteiger partial charge >= 0.3 is 0 Å². The van der Waals surface area contributed by atoms with Gasteiger partial charge in [0.15, 0.2) is 0 Å². The molecule has 1 fully saturated rings. The predicted octanol–water partition coefficient (Wildman–Crippen LogP) is 2.87. The van der Waals surface area contributed by atoms with Crippen LogP contribution in [0.1, 0.15) is 25.3 Å². The summed E-state index contributed by atoms with van der Waals surface area (Å²) in [4.78, 5) is 4.86. The van der Waals surface area contributed by atoms with Crippen LogP contribution in [0.5, 0.6) is 0 Å². The normalized spacial score (nSPS) is 20.7. The molecule has 112 valence electrons. The highest BCUT2D eigenvalue weighted by atomic mass is 79.9. The van der Waals surface area contributed by atoms with E-state index in [4.69, 9.17) is 5.73 Å². The summed E-state index contributed by atoms with van der Waals surface area (Å²) in [6, 6.07) is 7.41. The molecule has 2 rings (SSSR count). The minimum Gasteiger partial charge on any atom is -0.367 e. The fraction of sp³-hybridized carbons (Fsp3) is 0.625. The second-order valence-corrected chi connectivity index (χ2v) is 7.12. The van der Waals surface area contributed by atoms with E-state index in [9.17, 15) is 0 Å². The Labute approximate surface area is 131 Å². The third-order valence-corrected chi connectivity index (χ3v) is 4.34. The van der Waals surface area contributed by atoms with Crippen LogP contribution in [0.4, 0.5) is 5.69 Å². The third-order valence-electron chi connectivity index (χ3n) is 3.85. The van der Waals surface area contributed by atoms with Gasteiger partial charge in [0.05, 0.1) is 0 Å². The summed E-state index contributed by atoms with van der Waals surface area (Å²) >= 11 is 3.61. The Balaban J connectivity index is 2.27. The van der Waals surface area contributed by atoms with E-state index >= 15 is 0 Å². The van der Waals surface area contributed by atoms with Crippen molar-refractivity contribution in [3.05, 3.63) is 28.2 Å².